The number of aliphatic hydroxyl groups is 1. The van der Waals surface area contributed by atoms with E-state index in [4.69, 9.17) is 4.42 Å². The maximum atomic E-state index is 10.5. The normalized spacial score (nSPS) is 30.5. The highest BCUT2D eigenvalue weighted by Crippen LogP contribution is 2.35. The summed E-state index contributed by atoms with van der Waals surface area (Å²) in [5.41, 5.74) is 1.07. The summed E-state index contributed by atoms with van der Waals surface area (Å²) in [6, 6.07) is 0.503. The summed E-state index contributed by atoms with van der Waals surface area (Å²) in [6.07, 6.45) is 9.82. The second kappa shape index (κ2) is 6.94. The van der Waals surface area contributed by atoms with Crippen LogP contribution in [0.15, 0.2) is 10.8 Å². The highest BCUT2D eigenvalue weighted by atomic mass is 16.3. The van der Waals surface area contributed by atoms with Crippen LogP contribution in [0.4, 0.5) is 0 Å². The molecule has 0 spiro atoms. The van der Waals surface area contributed by atoms with Gasteiger partial charge in [-0.1, -0.05) is 40.0 Å². The Kier molecular flexibility index (Phi) is 5.12. The van der Waals surface area contributed by atoms with E-state index < -0.39 is 0 Å². The molecule has 3 atom stereocenters. The number of likely N-dealkylation sites (tertiary alicyclic amines) is 1. The molecule has 1 aliphatic carbocycles. The zero-order chi connectivity index (χ0) is 16.4. The molecule has 23 heavy (non-hydrogen) atoms. The lowest BCUT2D eigenvalue weighted by atomic mass is 9.78. The highest BCUT2D eigenvalue weighted by Gasteiger charge is 2.36. The third kappa shape index (κ3) is 3.80. The molecule has 2 fully saturated rings. The van der Waals surface area contributed by atoms with Gasteiger partial charge < -0.3 is 9.52 Å². The molecule has 4 nitrogen and oxygen atoms in total. The number of nitrogens with zero attached hydrogens (tertiary/aromatic N) is 2. The molecule has 0 aromatic carbocycles. The van der Waals surface area contributed by atoms with E-state index in [-0.39, 0.29) is 11.5 Å². The first-order valence-electron chi connectivity index (χ1n) is 9.32. The van der Waals surface area contributed by atoms with E-state index >= 15 is 0 Å². The van der Waals surface area contributed by atoms with Gasteiger partial charge in [0.2, 0.25) is 0 Å². The second-order valence-electron chi connectivity index (χ2n) is 8.43. The maximum absolute atomic E-state index is 10.5. The van der Waals surface area contributed by atoms with Gasteiger partial charge in [-0.15, -0.1) is 0 Å². The summed E-state index contributed by atoms with van der Waals surface area (Å²) in [4.78, 5) is 7.07. The van der Waals surface area contributed by atoms with Crippen LogP contribution in [0.5, 0.6) is 0 Å². The topological polar surface area (TPSA) is 49.5 Å². The van der Waals surface area contributed by atoms with Crippen LogP contribution in [0, 0.1) is 5.92 Å². The van der Waals surface area contributed by atoms with Crippen LogP contribution in [0.25, 0.3) is 0 Å². The van der Waals surface area contributed by atoms with Gasteiger partial charge in [0.25, 0.3) is 0 Å². The molecule has 1 aromatic rings. The van der Waals surface area contributed by atoms with Gasteiger partial charge in [0.05, 0.1) is 11.8 Å². The molecule has 1 saturated carbocycles. The fourth-order valence-corrected chi connectivity index (χ4v) is 4.47. The fraction of sp³-hybridized carbons (Fsp3) is 0.842. The Bertz CT molecular complexity index is 506. The Morgan fingerprint density at radius 3 is 2.65 bits per heavy atom. The van der Waals surface area contributed by atoms with Gasteiger partial charge in [0.15, 0.2) is 6.39 Å². The molecule has 1 N–H and O–H groups in total. The lowest BCUT2D eigenvalue weighted by molar-refractivity contribution is -0.00922. The number of rotatable bonds is 3. The molecule has 0 radical (unpaired) electrons. The number of oxazole rings is 1. The van der Waals surface area contributed by atoms with E-state index in [1.54, 1.807) is 6.39 Å². The zero-order valence-electron chi connectivity index (χ0n) is 14.9. The van der Waals surface area contributed by atoms with Crippen molar-refractivity contribution in [1.82, 2.24) is 9.88 Å². The average Bonchev–Trinajstić information content (AvgIpc) is 2.97. The monoisotopic (exact) mass is 320 g/mol. The van der Waals surface area contributed by atoms with Gasteiger partial charge >= 0.3 is 0 Å². The standard InChI is InChI=1S/C19H32N2O2/c1-19(2,3)18-15(20-13-23-18)12-21-11-7-6-9-16(21)14-8-4-5-10-17(14)22/h13-14,16-17,22H,4-12H2,1-3H3. The first-order chi connectivity index (χ1) is 11.0. The van der Waals surface area contributed by atoms with Gasteiger partial charge in [-0.2, -0.15) is 0 Å². The molecule has 1 aromatic heterocycles. The minimum atomic E-state index is -0.117. The minimum absolute atomic E-state index is 0.0124. The van der Waals surface area contributed by atoms with Crippen LogP contribution in [-0.2, 0) is 12.0 Å². The molecule has 0 bridgehead atoms. The van der Waals surface area contributed by atoms with Gasteiger partial charge in [-0.25, -0.2) is 4.98 Å². The first-order valence-corrected chi connectivity index (χ1v) is 9.32. The summed E-state index contributed by atoms with van der Waals surface area (Å²) in [6.45, 7) is 8.50. The van der Waals surface area contributed by atoms with Gasteiger partial charge in [-0.3, -0.25) is 4.90 Å². The Morgan fingerprint density at radius 1 is 1.17 bits per heavy atom. The van der Waals surface area contributed by atoms with E-state index in [0.29, 0.717) is 12.0 Å². The molecule has 2 heterocycles. The Balaban J connectivity index is 1.76. The lowest BCUT2D eigenvalue weighted by Gasteiger charge is -2.43. The van der Waals surface area contributed by atoms with Crippen molar-refractivity contribution < 1.29 is 9.52 Å². The Labute approximate surface area is 140 Å². The third-order valence-electron chi connectivity index (χ3n) is 5.62. The smallest absolute Gasteiger partial charge is 0.181 e. The minimum Gasteiger partial charge on any atom is -0.448 e. The third-order valence-corrected chi connectivity index (χ3v) is 5.62. The summed E-state index contributed by atoms with van der Waals surface area (Å²) >= 11 is 0. The van der Waals surface area contributed by atoms with Crippen molar-refractivity contribution in [1.29, 1.82) is 0 Å². The molecule has 3 unspecified atom stereocenters. The maximum Gasteiger partial charge on any atom is 0.181 e. The van der Waals surface area contributed by atoms with Crippen molar-refractivity contribution >= 4 is 0 Å². The van der Waals surface area contributed by atoms with E-state index in [0.717, 1.165) is 31.0 Å². The fourth-order valence-electron chi connectivity index (χ4n) is 4.47. The Hall–Kier alpha value is -0.870. The molecular weight excluding hydrogens is 288 g/mol. The van der Waals surface area contributed by atoms with Crippen molar-refractivity contribution in [2.45, 2.75) is 89.8 Å². The zero-order valence-corrected chi connectivity index (χ0v) is 14.9. The predicted molar refractivity (Wildman–Crippen MR) is 91.2 cm³/mol. The molecule has 0 amide bonds. The van der Waals surface area contributed by atoms with Crippen molar-refractivity contribution in [2.75, 3.05) is 6.54 Å². The Morgan fingerprint density at radius 2 is 1.91 bits per heavy atom. The number of hydrogen-bond acceptors (Lipinski definition) is 4. The second-order valence-corrected chi connectivity index (χ2v) is 8.43. The number of aromatic nitrogens is 1. The number of hydrogen-bond donors (Lipinski definition) is 1. The molecule has 130 valence electrons. The number of aliphatic hydroxyl groups excluding tert-OH is 1. The lowest BCUT2D eigenvalue weighted by Crippen LogP contribution is -2.48. The summed E-state index contributed by atoms with van der Waals surface area (Å²) in [5.74, 6) is 1.44. The molecular formula is C19H32N2O2. The van der Waals surface area contributed by atoms with Gasteiger partial charge in [-0.05, 0) is 32.2 Å². The van der Waals surface area contributed by atoms with Crippen molar-refractivity contribution in [2.24, 2.45) is 5.92 Å². The SMILES string of the molecule is CC(C)(C)c1ocnc1CN1CCCCC1C1CCCCC1O. The predicted octanol–water partition coefficient (Wildman–Crippen LogP) is 3.88. The molecule has 1 aliphatic heterocycles. The van der Waals surface area contributed by atoms with Crippen molar-refractivity contribution in [3.05, 3.63) is 17.8 Å². The van der Waals surface area contributed by atoms with Crippen LogP contribution in [-0.4, -0.2) is 33.7 Å². The molecule has 2 aliphatic rings. The van der Waals surface area contributed by atoms with E-state index in [1.807, 2.05) is 0 Å². The summed E-state index contributed by atoms with van der Waals surface area (Å²) in [7, 11) is 0. The molecule has 3 rings (SSSR count). The average molecular weight is 320 g/mol. The van der Waals surface area contributed by atoms with Crippen LogP contribution >= 0.6 is 0 Å². The highest BCUT2D eigenvalue weighted by molar-refractivity contribution is 5.16. The van der Waals surface area contributed by atoms with Crippen LogP contribution in [0.3, 0.4) is 0 Å². The largest absolute Gasteiger partial charge is 0.448 e. The summed E-state index contributed by atoms with van der Waals surface area (Å²) in [5, 5.41) is 10.5. The van der Waals surface area contributed by atoms with Crippen molar-refractivity contribution in [3.8, 4) is 0 Å². The van der Waals surface area contributed by atoms with E-state index in [1.165, 1.54) is 38.5 Å². The molecule has 1 saturated heterocycles. The van der Waals surface area contributed by atoms with Crippen molar-refractivity contribution in [3.63, 3.8) is 0 Å². The first kappa shape index (κ1) is 17.0. The number of piperidine rings is 1. The summed E-state index contributed by atoms with van der Waals surface area (Å²) < 4.78 is 5.69. The van der Waals surface area contributed by atoms with Crippen LogP contribution < -0.4 is 0 Å². The quantitative estimate of drug-likeness (QED) is 0.918. The van der Waals surface area contributed by atoms with Gasteiger partial charge in [0, 0.05) is 23.9 Å². The van der Waals surface area contributed by atoms with Crippen LogP contribution in [0.1, 0.15) is 77.2 Å². The van der Waals surface area contributed by atoms with Gasteiger partial charge in [0.1, 0.15) is 5.76 Å². The van der Waals surface area contributed by atoms with E-state index in [2.05, 4.69) is 30.7 Å². The van der Waals surface area contributed by atoms with E-state index in [9.17, 15) is 5.11 Å². The van der Waals surface area contributed by atoms with Crippen LogP contribution in [0.2, 0.25) is 0 Å². The molecule has 4 heteroatoms.